The molecule has 27 heavy (non-hydrogen) atoms. The number of piperidine rings is 1. The van der Waals surface area contributed by atoms with E-state index in [1.807, 2.05) is 4.90 Å². The number of nitrogens with one attached hydrogen (secondary N) is 2. The zero-order valence-electron chi connectivity index (χ0n) is 14.8. The molecule has 1 saturated heterocycles. The molecule has 1 aliphatic heterocycles. The van der Waals surface area contributed by atoms with E-state index < -0.39 is 10.0 Å². The number of likely N-dealkylation sites (tertiary alicyclic amines) is 1. The predicted octanol–water partition coefficient (Wildman–Crippen LogP) is 2.21. The monoisotopic (exact) mass is 391 g/mol. The van der Waals surface area contributed by atoms with Crippen molar-refractivity contribution in [3.05, 3.63) is 60.4 Å². The Labute approximate surface area is 158 Å². The second kappa shape index (κ2) is 8.60. The van der Waals surface area contributed by atoms with E-state index in [9.17, 15) is 17.6 Å². The van der Waals surface area contributed by atoms with Crippen molar-refractivity contribution in [1.82, 2.24) is 9.62 Å². The van der Waals surface area contributed by atoms with Crippen LogP contribution in [0.25, 0.3) is 0 Å². The summed E-state index contributed by atoms with van der Waals surface area (Å²) >= 11 is 0. The normalized spacial score (nSPS) is 16.2. The quantitative estimate of drug-likeness (QED) is 0.791. The molecule has 0 atom stereocenters. The molecule has 0 radical (unpaired) electrons. The Morgan fingerprint density at radius 3 is 2.30 bits per heavy atom. The van der Waals surface area contributed by atoms with E-state index in [0.29, 0.717) is 31.6 Å². The van der Waals surface area contributed by atoms with E-state index in [-0.39, 0.29) is 29.2 Å². The molecule has 8 heteroatoms. The highest BCUT2D eigenvalue weighted by Crippen LogP contribution is 2.15. The number of carbonyl (C=O) groups excluding carboxylic acids is 1. The number of carbonyl (C=O) groups is 1. The lowest BCUT2D eigenvalue weighted by molar-refractivity contribution is -0.117. The molecule has 2 aromatic carbocycles. The summed E-state index contributed by atoms with van der Waals surface area (Å²) < 4.78 is 40.4. The first-order valence-electron chi connectivity index (χ1n) is 8.77. The highest BCUT2D eigenvalue weighted by molar-refractivity contribution is 7.89. The number of halogens is 1. The van der Waals surface area contributed by atoms with Gasteiger partial charge in [0.15, 0.2) is 0 Å². The van der Waals surface area contributed by atoms with Crippen molar-refractivity contribution in [2.75, 3.05) is 25.0 Å². The lowest BCUT2D eigenvalue weighted by atomic mass is 10.1. The average Bonchev–Trinajstić information content (AvgIpc) is 2.66. The van der Waals surface area contributed by atoms with Gasteiger partial charge in [-0.25, -0.2) is 17.5 Å². The summed E-state index contributed by atoms with van der Waals surface area (Å²) in [4.78, 5) is 14.3. The maximum absolute atomic E-state index is 12.9. The van der Waals surface area contributed by atoms with Gasteiger partial charge in [-0.05, 0) is 49.2 Å². The number of hydrogen-bond donors (Lipinski definition) is 2. The van der Waals surface area contributed by atoms with E-state index in [1.165, 1.54) is 24.3 Å². The predicted molar refractivity (Wildman–Crippen MR) is 101 cm³/mol. The number of anilines is 1. The van der Waals surface area contributed by atoms with Crippen LogP contribution in [0.5, 0.6) is 0 Å². The fourth-order valence-electron chi connectivity index (χ4n) is 3.03. The van der Waals surface area contributed by atoms with E-state index in [0.717, 1.165) is 0 Å². The first-order valence-corrected chi connectivity index (χ1v) is 10.3. The molecule has 1 heterocycles. The van der Waals surface area contributed by atoms with Crippen LogP contribution in [0.15, 0.2) is 59.5 Å². The third-order valence-electron chi connectivity index (χ3n) is 4.46. The van der Waals surface area contributed by atoms with Gasteiger partial charge in [0.05, 0.1) is 11.4 Å². The molecule has 2 N–H and O–H groups in total. The number of rotatable bonds is 6. The van der Waals surface area contributed by atoms with Crippen LogP contribution in [0.4, 0.5) is 10.1 Å². The minimum Gasteiger partial charge on any atom is -0.325 e. The average molecular weight is 391 g/mol. The fraction of sp³-hybridized carbons (Fsp3) is 0.316. The molecule has 0 aromatic heterocycles. The standard InChI is InChI=1S/C19H22FN3O3S/c20-15-6-8-16(9-7-15)21-19(24)14-23-12-10-17(11-13-23)22-27(25,26)18-4-2-1-3-5-18/h1-9,17,22H,10-14H2,(H,21,24). The number of benzene rings is 2. The van der Waals surface area contributed by atoms with Crippen LogP contribution >= 0.6 is 0 Å². The van der Waals surface area contributed by atoms with Crippen molar-refractivity contribution in [2.24, 2.45) is 0 Å². The molecule has 2 aromatic rings. The van der Waals surface area contributed by atoms with Crippen LogP contribution in [0.3, 0.4) is 0 Å². The Bertz CT molecular complexity index is 865. The molecule has 6 nitrogen and oxygen atoms in total. The van der Waals surface area contributed by atoms with Crippen molar-refractivity contribution in [2.45, 2.75) is 23.8 Å². The molecule has 0 aliphatic carbocycles. The van der Waals surface area contributed by atoms with Crippen LogP contribution in [0, 0.1) is 5.82 Å². The third-order valence-corrected chi connectivity index (χ3v) is 5.99. The fourth-order valence-corrected chi connectivity index (χ4v) is 4.36. The van der Waals surface area contributed by atoms with Crippen molar-refractivity contribution < 1.29 is 17.6 Å². The minimum absolute atomic E-state index is 0.147. The zero-order valence-corrected chi connectivity index (χ0v) is 15.6. The maximum atomic E-state index is 12.9. The smallest absolute Gasteiger partial charge is 0.240 e. The molecular formula is C19H22FN3O3S. The Kier molecular flexibility index (Phi) is 6.20. The second-order valence-corrected chi connectivity index (χ2v) is 8.25. The van der Waals surface area contributed by atoms with Crippen LogP contribution in [0.2, 0.25) is 0 Å². The van der Waals surface area contributed by atoms with Crippen LogP contribution in [0.1, 0.15) is 12.8 Å². The molecule has 0 spiro atoms. The molecule has 0 saturated carbocycles. The number of sulfonamides is 1. The molecule has 0 bridgehead atoms. The first-order chi connectivity index (χ1) is 12.9. The number of amides is 1. The van der Waals surface area contributed by atoms with Crippen LogP contribution in [-0.2, 0) is 14.8 Å². The van der Waals surface area contributed by atoms with Crippen molar-refractivity contribution >= 4 is 21.6 Å². The lowest BCUT2D eigenvalue weighted by Crippen LogP contribution is -2.46. The summed E-state index contributed by atoms with van der Waals surface area (Å²) in [5.41, 5.74) is 0.548. The van der Waals surface area contributed by atoms with Crippen LogP contribution < -0.4 is 10.0 Å². The van der Waals surface area contributed by atoms with E-state index in [2.05, 4.69) is 10.0 Å². The van der Waals surface area contributed by atoms with E-state index >= 15 is 0 Å². The largest absolute Gasteiger partial charge is 0.325 e. The molecule has 1 fully saturated rings. The van der Waals surface area contributed by atoms with E-state index in [4.69, 9.17) is 0 Å². The van der Waals surface area contributed by atoms with Gasteiger partial charge in [0, 0.05) is 24.8 Å². The molecule has 144 valence electrons. The summed E-state index contributed by atoms with van der Waals surface area (Å²) in [5, 5.41) is 2.73. The van der Waals surface area contributed by atoms with Gasteiger partial charge in [0.25, 0.3) is 0 Å². The lowest BCUT2D eigenvalue weighted by Gasteiger charge is -2.31. The summed E-state index contributed by atoms with van der Waals surface area (Å²) in [7, 11) is -3.52. The second-order valence-electron chi connectivity index (χ2n) is 6.54. The van der Waals surface area contributed by atoms with Crippen molar-refractivity contribution in [3.8, 4) is 0 Å². The SMILES string of the molecule is O=C(CN1CCC(NS(=O)(=O)c2ccccc2)CC1)Nc1ccc(F)cc1. The van der Waals surface area contributed by atoms with Crippen molar-refractivity contribution in [1.29, 1.82) is 0 Å². The Balaban J connectivity index is 1.46. The Morgan fingerprint density at radius 2 is 1.67 bits per heavy atom. The van der Waals surface area contributed by atoms with Crippen LogP contribution in [-0.4, -0.2) is 44.9 Å². The Morgan fingerprint density at radius 1 is 1.04 bits per heavy atom. The van der Waals surface area contributed by atoms with Crippen molar-refractivity contribution in [3.63, 3.8) is 0 Å². The molecule has 0 unspecified atom stereocenters. The topological polar surface area (TPSA) is 78.5 Å². The van der Waals surface area contributed by atoms with Gasteiger partial charge in [-0.1, -0.05) is 18.2 Å². The molecular weight excluding hydrogens is 369 g/mol. The first kappa shape index (κ1) is 19.5. The van der Waals surface area contributed by atoms with Gasteiger partial charge < -0.3 is 5.32 Å². The van der Waals surface area contributed by atoms with Gasteiger partial charge in [-0.2, -0.15) is 0 Å². The molecule has 1 aliphatic rings. The van der Waals surface area contributed by atoms with Gasteiger partial charge in [0.2, 0.25) is 15.9 Å². The van der Waals surface area contributed by atoms with Gasteiger partial charge >= 0.3 is 0 Å². The number of hydrogen-bond acceptors (Lipinski definition) is 4. The zero-order chi connectivity index (χ0) is 19.3. The van der Waals surface area contributed by atoms with E-state index in [1.54, 1.807) is 30.3 Å². The summed E-state index contributed by atoms with van der Waals surface area (Å²) in [6.07, 6.45) is 1.27. The third kappa shape index (κ3) is 5.59. The van der Waals surface area contributed by atoms with Gasteiger partial charge in [0.1, 0.15) is 5.82 Å². The Hall–Kier alpha value is -2.29. The summed E-state index contributed by atoms with van der Waals surface area (Å²) in [6, 6.07) is 13.7. The summed E-state index contributed by atoms with van der Waals surface area (Å²) in [5.74, 6) is -0.530. The minimum atomic E-state index is -3.52. The van der Waals surface area contributed by atoms with Gasteiger partial charge in [-0.15, -0.1) is 0 Å². The summed E-state index contributed by atoms with van der Waals surface area (Å²) in [6.45, 7) is 1.47. The number of nitrogens with zero attached hydrogens (tertiary/aromatic N) is 1. The maximum Gasteiger partial charge on any atom is 0.240 e. The molecule has 1 amide bonds. The molecule has 3 rings (SSSR count). The highest BCUT2D eigenvalue weighted by atomic mass is 32.2. The highest BCUT2D eigenvalue weighted by Gasteiger charge is 2.25. The van der Waals surface area contributed by atoms with Gasteiger partial charge in [-0.3, -0.25) is 9.69 Å².